The van der Waals surface area contributed by atoms with Crippen molar-refractivity contribution in [2.24, 2.45) is 0 Å². The van der Waals surface area contributed by atoms with Gasteiger partial charge in [0.25, 0.3) is 5.91 Å². The van der Waals surface area contributed by atoms with Gasteiger partial charge in [-0.2, -0.15) is 0 Å². The Morgan fingerprint density at radius 2 is 1.82 bits per heavy atom. The first kappa shape index (κ1) is 19.5. The highest BCUT2D eigenvalue weighted by atomic mass is 16.1. The molecule has 8 nitrogen and oxygen atoms in total. The van der Waals surface area contributed by atoms with E-state index in [9.17, 15) is 4.79 Å². The van der Waals surface area contributed by atoms with Crippen molar-refractivity contribution < 1.29 is 4.79 Å². The molecule has 34 heavy (non-hydrogen) atoms. The van der Waals surface area contributed by atoms with Crippen LogP contribution in [0, 0.1) is 0 Å². The molecule has 7 rings (SSSR count). The van der Waals surface area contributed by atoms with Gasteiger partial charge in [-0.3, -0.25) is 9.20 Å². The number of imidazole rings is 1. The number of nitrogens with one attached hydrogen (secondary N) is 3. The molecule has 0 aliphatic carbocycles. The number of rotatable bonds is 4. The summed E-state index contributed by atoms with van der Waals surface area (Å²) in [4.78, 5) is 23.8. The average Bonchev–Trinajstić information content (AvgIpc) is 3.56. The van der Waals surface area contributed by atoms with Crippen LogP contribution < -0.4 is 20.9 Å². The van der Waals surface area contributed by atoms with Gasteiger partial charge in [0.2, 0.25) is 0 Å². The van der Waals surface area contributed by atoms with E-state index in [-0.39, 0.29) is 5.91 Å². The molecule has 3 aliphatic heterocycles. The lowest BCUT2D eigenvalue weighted by molar-refractivity contribution is 0.0965. The van der Waals surface area contributed by atoms with Crippen molar-refractivity contribution in [2.75, 3.05) is 23.3 Å². The van der Waals surface area contributed by atoms with Crippen molar-refractivity contribution >= 4 is 28.7 Å². The van der Waals surface area contributed by atoms with E-state index >= 15 is 0 Å². The molecule has 3 aromatic heterocycles. The van der Waals surface area contributed by atoms with Gasteiger partial charge in [0.15, 0.2) is 0 Å². The second-order valence-electron chi connectivity index (χ2n) is 9.37. The molecular weight excluding hydrogens is 426 g/mol. The maximum Gasteiger partial charge on any atom is 0.251 e. The lowest BCUT2D eigenvalue weighted by atomic mass is 10.0. The Kier molecular flexibility index (Phi) is 4.35. The fraction of sp³-hybridized carbons (Fsp3) is 0.269. The first-order valence-corrected chi connectivity index (χ1v) is 11.8. The SMILES string of the molecule is O=C1NCc2c1cccc2-c1cnc2cc(Nc3ccc(N4CC5CCC(C4)N5)cn3)ccn12. The molecule has 8 heteroatoms. The van der Waals surface area contributed by atoms with Crippen LogP contribution in [0.3, 0.4) is 0 Å². The molecule has 170 valence electrons. The van der Waals surface area contributed by atoms with Gasteiger partial charge in [-0.15, -0.1) is 0 Å². The number of aromatic nitrogens is 3. The largest absolute Gasteiger partial charge is 0.367 e. The van der Waals surface area contributed by atoms with Gasteiger partial charge < -0.3 is 20.9 Å². The summed E-state index contributed by atoms with van der Waals surface area (Å²) in [7, 11) is 0. The summed E-state index contributed by atoms with van der Waals surface area (Å²) in [6.45, 7) is 2.66. The fourth-order valence-electron chi connectivity index (χ4n) is 5.55. The number of nitrogens with zero attached hydrogens (tertiary/aromatic N) is 4. The van der Waals surface area contributed by atoms with Gasteiger partial charge in [0, 0.05) is 60.8 Å². The minimum absolute atomic E-state index is 0.0139. The summed E-state index contributed by atoms with van der Waals surface area (Å²) in [5.41, 5.74) is 6.72. The highest BCUT2D eigenvalue weighted by Gasteiger charge is 2.32. The van der Waals surface area contributed by atoms with E-state index in [0.717, 1.165) is 52.6 Å². The van der Waals surface area contributed by atoms with Gasteiger partial charge >= 0.3 is 0 Å². The van der Waals surface area contributed by atoms with Gasteiger partial charge in [-0.1, -0.05) is 12.1 Å². The van der Waals surface area contributed by atoms with Crippen LogP contribution in [0.25, 0.3) is 16.9 Å². The van der Waals surface area contributed by atoms with E-state index in [0.29, 0.717) is 18.6 Å². The molecule has 3 aliphatic rings. The van der Waals surface area contributed by atoms with Crippen molar-refractivity contribution in [3.05, 3.63) is 72.2 Å². The summed E-state index contributed by atoms with van der Waals surface area (Å²) in [6.07, 6.45) is 8.38. The van der Waals surface area contributed by atoms with E-state index < -0.39 is 0 Å². The Labute approximate surface area is 197 Å². The molecule has 2 fully saturated rings. The molecule has 3 N–H and O–H groups in total. The zero-order chi connectivity index (χ0) is 22.6. The third-order valence-corrected chi connectivity index (χ3v) is 7.24. The Balaban J connectivity index is 1.12. The summed E-state index contributed by atoms with van der Waals surface area (Å²) >= 11 is 0. The molecule has 2 saturated heterocycles. The van der Waals surface area contributed by atoms with E-state index in [1.54, 1.807) is 0 Å². The number of piperazine rings is 1. The quantitative estimate of drug-likeness (QED) is 0.441. The first-order chi connectivity index (χ1) is 16.7. The van der Waals surface area contributed by atoms with Crippen LogP contribution in [0.1, 0.15) is 28.8 Å². The topological polar surface area (TPSA) is 86.6 Å². The maximum absolute atomic E-state index is 12.1. The van der Waals surface area contributed by atoms with Crippen LogP contribution in [-0.4, -0.2) is 45.4 Å². The molecule has 0 radical (unpaired) electrons. The monoisotopic (exact) mass is 451 g/mol. The molecule has 0 spiro atoms. The van der Waals surface area contributed by atoms with E-state index in [4.69, 9.17) is 0 Å². The van der Waals surface area contributed by atoms with E-state index in [1.807, 2.05) is 55.0 Å². The second-order valence-corrected chi connectivity index (χ2v) is 9.37. The summed E-state index contributed by atoms with van der Waals surface area (Å²) in [6, 6.07) is 15.3. The molecule has 2 atom stereocenters. The number of carbonyl (C=O) groups excluding carboxylic acids is 1. The maximum atomic E-state index is 12.1. The number of fused-ring (bicyclic) bond motifs is 4. The minimum atomic E-state index is -0.0139. The van der Waals surface area contributed by atoms with Gasteiger partial charge in [-0.25, -0.2) is 9.97 Å². The van der Waals surface area contributed by atoms with Crippen molar-refractivity contribution in [3.8, 4) is 11.3 Å². The van der Waals surface area contributed by atoms with Crippen molar-refractivity contribution in [1.29, 1.82) is 0 Å². The second kappa shape index (κ2) is 7.56. The number of amides is 1. The number of anilines is 3. The van der Waals surface area contributed by atoms with Crippen molar-refractivity contribution in [3.63, 3.8) is 0 Å². The molecular formula is C26H25N7O. The lowest BCUT2D eigenvalue weighted by Crippen LogP contribution is -2.51. The predicted molar refractivity (Wildman–Crippen MR) is 131 cm³/mol. The van der Waals surface area contributed by atoms with Crippen molar-refractivity contribution in [2.45, 2.75) is 31.5 Å². The van der Waals surface area contributed by atoms with Gasteiger partial charge in [0.05, 0.1) is 23.8 Å². The smallest absolute Gasteiger partial charge is 0.251 e. The van der Waals surface area contributed by atoms with Crippen LogP contribution in [0.2, 0.25) is 0 Å². The Morgan fingerprint density at radius 3 is 2.65 bits per heavy atom. The Bertz CT molecular complexity index is 1400. The third-order valence-electron chi connectivity index (χ3n) is 7.24. The van der Waals surface area contributed by atoms with Gasteiger partial charge in [0.1, 0.15) is 11.5 Å². The molecule has 1 aromatic carbocycles. The highest BCUT2D eigenvalue weighted by molar-refractivity contribution is 6.00. The average molecular weight is 452 g/mol. The van der Waals surface area contributed by atoms with Gasteiger partial charge in [-0.05, 0) is 42.7 Å². The number of hydrogen-bond donors (Lipinski definition) is 3. The molecule has 1 amide bonds. The molecule has 4 aromatic rings. The van der Waals surface area contributed by atoms with Crippen LogP contribution >= 0.6 is 0 Å². The van der Waals surface area contributed by atoms with E-state index in [1.165, 1.54) is 18.5 Å². The number of pyridine rings is 2. The molecule has 2 unspecified atom stereocenters. The Morgan fingerprint density at radius 1 is 0.971 bits per heavy atom. The molecule has 0 saturated carbocycles. The van der Waals surface area contributed by atoms with Crippen LogP contribution in [0.4, 0.5) is 17.2 Å². The van der Waals surface area contributed by atoms with Crippen LogP contribution in [0.15, 0.2) is 61.1 Å². The molecule has 2 bridgehead atoms. The van der Waals surface area contributed by atoms with Crippen molar-refractivity contribution in [1.82, 2.24) is 25.0 Å². The Hall–Kier alpha value is -3.91. The summed E-state index contributed by atoms with van der Waals surface area (Å²) in [5, 5.41) is 9.99. The zero-order valence-electron chi connectivity index (χ0n) is 18.7. The van der Waals surface area contributed by atoms with Crippen LogP contribution in [0.5, 0.6) is 0 Å². The highest BCUT2D eigenvalue weighted by Crippen LogP contribution is 2.31. The standard InChI is InChI=1S/C26H25N7O/c34-26-21-3-1-2-20(22(21)12-29-26)23-13-28-25-10-16(8-9-33(23)25)31-24-7-6-19(11-27-24)32-14-17-4-5-18(15-32)30-17/h1-3,6-11,13,17-18,30H,4-5,12,14-15H2,(H,27,31)(H,29,34). The van der Waals surface area contributed by atoms with Crippen LogP contribution in [-0.2, 0) is 6.54 Å². The fourth-order valence-corrected chi connectivity index (χ4v) is 5.55. The minimum Gasteiger partial charge on any atom is -0.367 e. The number of carbonyl (C=O) groups is 1. The third kappa shape index (κ3) is 3.21. The molecule has 6 heterocycles. The lowest BCUT2D eigenvalue weighted by Gasteiger charge is -2.34. The van der Waals surface area contributed by atoms with E-state index in [2.05, 4.69) is 41.3 Å². The first-order valence-electron chi connectivity index (χ1n) is 11.8. The number of hydrogen-bond acceptors (Lipinski definition) is 6. The zero-order valence-corrected chi connectivity index (χ0v) is 18.7. The normalized spacial score (nSPS) is 21.1. The summed E-state index contributed by atoms with van der Waals surface area (Å²) < 4.78 is 2.05. The predicted octanol–water partition coefficient (Wildman–Crippen LogP) is 3.32. The summed E-state index contributed by atoms with van der Waals surface area (Å²) in [5.74, 6) is 0.795. The number of benzene rings is 1.